The summed E-state index contributed by atoms with van der Waals surface area (Å²) in [7, 11) is 0. The average molecular weight is 386 g/mol. The van der Waals surface area contributed by atoms with Crippen LogP contribution in [0.25, 0.3) is 0 Å². The van der Waals surface area contributed by atoms with Gasteiger partial charge in [-0.25, -0.2) is 10.4 Å². The van der Waals surface area contributed by atoms with Gasteiger partial charge in [-0.2, -0.15) is 5.10 Å². The third kappa shape index (κ3) is 5.84. The quantitative estimate of drug-likeness (QED) is 0.479. The molecule has 0 atom stereocenters. The van der Waals surface area contributed by atoms with Crippen molar-refractivity contribution < 1.29 is 9.59 Å². The molecule has 2 amide bonds. The molecule has 146 valence electrons. The van der Waals surface area contributed by atoms with E-state index in [2.05, 4.69) is 20.8 Å². The second-order valence-corrected chi connectivity index (χ2v) is 6.52. The Morgan fingerprint density at radius 1 is 0.897 bits per heavy atom. The summed E-state index contributed by atoms with van der Waals surface area (Å²) >= 11 is 0. The molecule has 0 bridgehead atoms. The number of pyridine rings is 1. The van der Waals surface area contributed by atoms with Gasteiger partial charge in [0.05, 0.1) is 12.3 Å². The van der Waals surface area contributed by atoms with E-state index in [1.54, 1.807) is 31.3 Å². The van der Waals surface area contributed by atoms with Gasteiger partial charge in [-0.15, -0.1) is 0 Å². The smallest absolute Gasteiger partial charge is 0.252 e. The van der Waals surface area contributed by atoms with Gasteiger partial charge in [-0.1, -0.05) is 66.7 Å². The number of rotatable bonds is 7. The molecule has 0 unspecified atom stereocenters. The van der Waals surface area contributed by atoms with Crippen LogP contribution in [0.1, 0.15) is 30.4 Å². The van der Waals surface area contributed by atoms with Crippen molar-refractivity contribution in [3.05, 3.63) is 96.2 Å². The van der Waals surface area contributed by atoms with Gasteiger partial charge >= 0.3 is 0 Å². The number of hydrogen-bond acceptors (Lipinski definition) is 4. The second-order valence-electron chi connectivity index (χ2n) is 6.52. The molecular weight excluding hydrogens is 364 g/mol. The van der Waals surface area contributed by atoms with Crippen molar-refractivity contribution in [1.29, 1.82) is 0 Å². The van der Waals surface area contributed by atoms with Crippen LogP contribution in [-0.4, -0.2) is 22.5 Å². The van der Waals surface area contributed by atoms with Gasteiger partial charge in [-0.3, -0.25) is 9.59 Å². The standard InChI is InChI=1S/C23H22N4O2/c1-17(16-21(28)25-20-14-8-9-15-24-20)26-27-23(29)22(18-10-4-2-5-11-18)19-12-6-3-7-13-19/h2-15,22H,16H2,1H3,(H,27,29)(H,24,25,28)/b26-17+. The molecule has 6 nitrogen and oxygen atoms in total. The predicted molar refractivity (Wildman–Crippen MR) is 113 cm³/mol. The molecule has 0 aliphatic carbocycles. The number of hydrazone groups is 1. The van der Waals surface area contributed by atoms with Crippen molar-refractivity contribution in [2.45, 2.75) is 19.3 Å². The van der Waals surface area contributed by atoms with E-state index >= 15 is 0 Å². The normalized spacial score (nSPS) is 11.2. The molecule has 1 heterocycles. The molecular formula is C23H22N4O2. The summed E-state index contributed by atoms with van der Waals surface area (Å²) in [6.45, 7) is 1.69. The lowest BCUT2D eigenvalue weighted by atomic mass is 9.91. The molecule has 0 spiro atoms. The van der Waals surface area contributed by atoms with E-state index in [4.69, 9.17) is 0 Å². The largest absolute Gasteiger partial charge is 0.310 e. The highest BCUT2D eigenvalue weighted by atomic mass is 16.2. The third-order valence-corrected chi connectivity index (χ3v) is 4.23. The first-order chi connectivity index (χ1) is 14.1. The van der Waals surface area contributed by atoms with E-state index in [1.807, 2.05) is 60.7 Å². The molecule has 6 heteroatoms. The van der Waals surface area contributed by atoms with Crippen LogP contribution in [0.3, 0.4) is 0 Å². The Labute approximate surface area is 169 Å². The fourth-order valence-electron chi connectivity index (χ4n) is 2.90. The number of hydrogen-bond donors (Lipinski definition) is 2. The first-order valence-electron chi connectivity index (χ1n) is 9.27. The number of anilines is 1. The lowest BCUT2D eigenvalue weighted by molar-refractivity contribution is -0.121. The summed E-state index contributed by atoms with van der Waals surface area (Å²) in [6, 6.07) is 24.3. The molecule has 0 saturated carbocycles. The Kier molecular flexibility index (Phi) is 6.84. The fourth-order valence-corrected chi connectivity index (χ4v) is 2.90. The maximum atomic E-state index is 12.9. The minimum absolute atomic E-state index is 0.0538. The Bertz CT molecular complexity index is 934. The fraction of sp³-hybridized carbons (Fsp3) is 0.130. The van der Waals surface area contributed by atoms with E-state index in [0.717, 1.165) is 11.1 Å². The lowest BCUT2D eigenvalue weighted by Crippen LogP contribution is -2.27. The second kappa shape index (κ2) is 9.94. The van der Waals surface area contributed by atoms with Crippen LogP contribution >= 0.6 is 0 Å². The van der Waals surface area contributed by atoms with E-state index in [-0.39, 0.29) is 18.2 Å². The molecule has 2 N–H and O–H groups in total. The number of nitrogens with one attached hydrogen (secondary N) is 2. The van der Waals surface area contributed by atoms with Gasteiger partial charge in [0.25, 0.3) is 5.91 Å². The maximum Gasteiger partial charge on any atom is 0.252 e. The highest BCUT2D eigenvalue weighted by Gasteiger charge is 2.22. The van der Waals surface area contributed by atoms with Crippen LogP contribution in [0.15, 0.2) is 90.2 Å². The summed E-state index contributed by atoms with van der Waals surface area (Å²) in [4.78, 5) is 29.0. The number of benzene rings is 2. The molecule has 0 radical (unpaired) electrons. The molecule has 3 rings (SSSR count). The Hall–Kier alpha value is -3.80. The molecule has 0 saturated heterocycles. The topological polar surface area (TPSA) is 83.4 Å². The summed E-state index contributed by atoms with van der Waals surface area (Å²) in [5.74, 6) is -0.521. The summed E-state index contributed by atoms with van der Waals surface area (Å²) in [6.07, 6.45) is 1.66. The minimum Gasteiger partial charge on any atom is -0.310 e. The lowest BCUT2D eigenvalue weighted by Gasteiger charge is -2.16. The molecule has 29 heavy (non-hydrogen) atoms. The van der Waals surface area contributed by atoms with Gasteiger partial charge in [0.1, 0.15) is 5.82 Å². The van der Waals surface area contributed by atoms with Crippen molar-refractivity contribution in [3.63, 3.8) is 0 Å². The van der Waals surface area contributed by atoms with Gasteiger partial charge in [0.15, 0.2) is 0 Å². The van der Waals surface area contributed by atoms with Crippen molar-refractivity contribution in [1.82, 2.24) is 10.4 Å². The highest BCUT2D eigenvalue weighted by Crippen LogP contribution is 2.24. The molecule has 0 aliphatic heterocycles. The van der Waals surface area contributed by atoms with E-state index in [9.17, 15) is 9.59 Å². The third-order valence-electron chi connectivity index (χ3n) is 4.23. The van der Waals surface area contributed by atoms with Crippen LogP contribution < -0.4 is 10.7 Å². The zero-order valence-corrected chi connectivity index (χ0v) is 16.1. The number of amides is 2. The SMILES string of the molecule is C/C(CC(=O)Nc1ccccn1)=N\NC(=O)C(c1ccccc1)c1ccccc1. The minimum atomic E-state index is -0.490. The molecule has 0 fully saturated rings. The van der Waals surface area contributed by atoms with Gasteiger partial charge in [0, 0.05) is 11.9 Å². The number of carbonyl (C=O) groups excluding carboxylic acids is 2. The van der Waals surface area contributed by atoms with Crippen molar-refractivity contribution >= 4 is 23.3 Å². The van der Waals surface area contributed by atoms with E-state index < -0.39 is 5.92 Å². The summed E-state index contributed by atoms with van der Waals surface area (Å²) < 4.78 is 0. The average Bonchev–Trinajstić information content (AvgIpc) is 2.75. The maximum absolute atomic E-state index is 12.9. The number of carbonyl (C=O) groups is 2. The van der Waals surface area contributed by atoms with Crippen molar-refractivity contribution in [2.75, 3.05) is 5.32 Å². The van der Waals surface area contributed by atoms with Crippen molar-refractivity contribution in [3.8, 4) is 0 Å². The van der Waals surface area contributed by atoms with Gasteiger partial charge in [0.2, 0.25) is 5.91 Å². The Morgan fingerprint density at radius 3 is 2.03 bits per heavy atom. The van der Waals surface area contributed by atoms with Crippen LogP contribution in [-0.2, 0) is 9.59 Å². The van der Waals surface area contributed by atoms with Gasteiger partial charge in [-0.05, 0) is 30.2 Å². The predicted octanol–water partition coefficient (Wildman–Crippen LogP) is 3.73. The number of aromatic nitrogens is 1. The van der Waals surface area contributed by atoms with Crippen LogP contribution in [0, 0.1) is 0 Å². The summed E-state index contributed by atoms with van der Waals surface area (Å²) in [5.41, 5.74) is 4.84. The van der Waals surface area contributed by atoms with Crippen molar-refractivity contribution in [2.24, 2.45) is 5.10 Å². The van der Waals surface area contributed by atoms with Crippen LogP contribution in [0.4, 0.5) is 5.82 Å². The molecule has 2 aromatic carbocycles. The number of nitrogens with zero attached hydrogens (tertiary/aromatic N) is 2. The monoisotopic (exact) mass is 386 g/mol. The van der Waals surface area contributed by atoms with Gasteiger partial charge < -0.3 is 5.32 Å². The highest BCUT2D eigenvalue weighted by molar-refractivity contribution is 6.05. The molecule has 3 aromatic rings. The molecule has 1 aromatic heterocycles. The van der Waals surface area contributed by atoms with Crippen LogP contribution in [0.5, 0.6) is 0 Å². The zero-order valence-electron chi connectivity index (χ0n) is 16.1. The Morgan fingerprint density at radius 2 is 1.48 bits per heavy atom. The molecule has 0 aliphatic rings. The first kappa shape index (κ1) is 19.9. The summed E-state index contributed by atoms with van der Waals surface area (Å²) in [5, 5.41) is 6.80. The van der Waals surface area contributed by atoms with E-state index in [1.165, 1.54) is 0 Å². The first-order valence-corrected chi connectivity index (χ1v) is 9.27. The zero-order chi connectivity index (χ0) is 20.5. The Balaban J connectivity index is 1.67. The van der Waals surface area contributed by atoms with E-state index in [0.29, 0.717) is 11.5 Å². The van der Waals surface area contributed by atoms with Crippen LogP contribution in [0.2, 0.25) is 0 Å².